The van der Waals surface area contributed by atoms with E-state index in [4.69, 9.17) is 4.74 Å². The molecule has 0 aliphatic heterocycles. The number of methoxy groups -OCH3 is 1. The van der Waals surface area contributed by atoms with Crippen molar-refractivity contribution in [2.24, 2.45) is 0 Å². The topological polar surface area (TPSA) is 63.2 Å². The maximum atomic E-state index is 12.4. The van der Waals surface area contributed by atoms with E-state index in [9.17, 15) is 4.79 Å². The first-order valence-electron chi connectivity index (χ1n) is 6.81. The van der Waals surface area contributed by atoms with Gasteiger partial charge in [0.1, 0.15) is 0 Å². The van der Waals surface area contributed by atoms with E-state index in [0.717, 1.165) is 23.5 Å². The summed E-state index contributed by atoms with van der Waals surface area (Å²) in [5, 5.41) is 6.02. The number of anilines is 2. The zero-order chi connectivity index (χ0) is 15.1. The number of amides is 1. The van der Waals surface area contributed by atoms with Gasteiger partial charge >= 0.3 is 0 Å². The summed E-state index contributed by atoms with van der Waals surface area (Å²) in [5.74, 6) is -0.164. The molecule has 2 N–H and O–H groups in total. The molecule has 1 aromatic carbocycles. The number of nitrogens with zero attached hydrogens (tertiary/aromatic N) is 1. The van der Waals surface area contributed by atoms with Crippen molar-refractivity contribution in [2.45, 2.75) is 13.5 Å². The lowest BCUT2D eigenvalue weighted by Crippen LogP contribution is -2.15. The largest absolute Gasteiger partial charge is 0.383 e. The summed E-state index contributed by atoms with van der Waals surface area (Å²) < 4.78 is 5.09. The van der Waals surface area contributed by atoms with Crippen LogP contribution in [0.1, 0.15) is 22.8 Å². The molecule has 1 aromatic heterocycles. The van der Waals surface area contributed by atoms with Crippen molar-refractivity contribution in [3.63, 3.8) is 0 Å². The van der Waals surface area contributed by atoms with Gasteiger partial charge in [-0.15, -0.1) is 0 Å². The number of aromatic nitrogens is 1. The van der Waals surface area contributed by atoms with Crippen molar-refractivity contribution in [3.05, 3.63) is 53.9 Å². The van der Waals surface area contributed by atoms with Crippen LogP contribution in [0, 0.1) is 0 Å². The molecule has 5 nitrogen and oxygen atoms in total. The van der Waals surface area contributed by atoms with Gasteiger partial charge in [0.2, 0.25) is 0 Å². The Morgan fingerprint density at radius 3 is 2.95 bits per heavy atom. The summed E-state index contributed by atoms with van der Waals surface area (Å²) in [6, 6.07) is 9.30. The van der Waals surface area contributed by atoms with Crippen LogP contribution < -0.4 is 10.6 Å². The van der Waals surface area contributed by atoms with Crippen LogP contribution in [0.5, 0.6) is 0 Å². The molecule has 0 fully saturated rings. The van der Waals surface area contributed by atoms with Gasteiger partial charge in [0, 0.05) is 25.5 Å². The van der Waals surface area contributed by atoms with E-state index in [1.807, 2.05) is 31.2 Å². The Morgan fingerprint density at radius 2 is 2.19 bits per heavy atom. The van der Waals surface area contributed by atoms with Gasteiger partial charge in [0.25, 0.3) is 5.91 Å². The number of benzene rings is 1. The summed E-state index contributed by atoms with van der Waals surface area (Å²) >= 11 is 0. The Balaban J connectivity index is 2.16. The number of carbonyl (C=O) groups is 1. The predicted molar refractivity (Wildman–Crippen MR) is 83.5 cm³/mol. The number of ether oxygens (including phenoxy) is 1. The smallest absolute Gasteiger partial charge is 0.257 e. The summed E-state index contributed by atoms with van der Waals surface area (Å²) in [6.07, 6.45) is 3.26. The third kappa shape index (κ3) is 4.03. The number of hydrogen-bond acceptors (Lipinski definition) is 4. The monoisotopic (exact) mass is 285 g/mol. The van der Waals surface area contributed by atoms with Crippen LogP contribution in [-0.2, 0) is 11.3 Å². The molecule has 0 radical (unpaired) electrons. The van der Waals surface area contributed by atoms with Gasteiger partial charge in [0.15, 0.2) is 0 Å². The number of carbonyl (C=O) groups excluding carboxylic acids is 1. The highest BCUT2D eigenvalue weighted by Crippen LogP contribution is 2.17. The third-order valence-corrected chi connectivity index (χ3v) is 2.93. The maximum Gasteiger partial charge on any atom is 0.257 e. The Hall–Kier alpha value is -2.40. The molecule has 0 saturated heterocycles. The highest BCUT2D eigenvalue weighted by molar-refractivity contribution is 6.07. The highest BCUT2D eigenvalue weighted by atomic mass is 16.5. The van der Waals surface area contributed by atoms with E-state index in [-0.39, 0.29) is 5.91 Å². The quantitative estimate of drug-likeness (QED) is 0.856. The Morgan fingerprint density at radius 1 is 1.33 bits per heavy atom. The predicted octanol–water partition coefficient (Wildman–Crippen LogP) is 2.91. The Labute approximate surface area is 124 Å². The van der Waals surface area contributed by atoms with E-state index < -0.39 is 0 Å². The van der Waals surface area contributed by atoms with Crippen LogP contribution >= 0.6 is 0 Å². The van der Waals surface area contributed by atoms with Gasteiger partial charge in [0.05, 0.1) is 24.1 Å². The van der Waals surface area contributed by atoms with E-state index in [1.165, 1.54) is 0 Å². The second-order valence-electron chi connectivity index (χ2n) is 4.54. The lowest BCUT2D eigenvalue weighted by atomic mass is 10.2. The van der Waals surface area contributed by atoms with Crippen LogP contribution in [-0.4, -0.2) is 24.5 Å². The molecule has 0 bridgehead atoms. The fourth-order valence-electron chi connectivity index (χ4n) is 2.03. The zero-order valence-electron chi connectivity index (χ0n) is 12.2. The van der Waals surface area contributed by atoms with Gasteiger partial charge in [-0.05, 0) is 30.7 Å². The fraction of sp³-hybridized carbons (Fsp3) is 0.250. The van der Waals surface area contributed by atoms with Crippen molar-refractivity contribution in [2.75, 3.05) is 24.3 Å². The SMILES string of the molecule is CCNc1cnccc1C(=O)Nc1cccc(COC)c1. The molecule has 21 heavy (non-hydrogen) atoms. The summed E-state index contributed by atoms with van der Waals surface area (Å²) in [4.78, 5) is 16.4. The van der Waals surface area contributed by atoms with E-state index in [2.05, 4.69) is 15.6 Å². The van der Waals surface area contributed by atoms with E-state index in [1.54, 1.807) is 25.6 Å². The van der Waals surface area contributed by atoms with Crippen molar-refractivity contribution in [1.29, 1.82) is 0 Å². The second kappa shape index (κ2) is 7.40. The van der Waals surface area contributed by atoms with Crippen LogP contribution in [0.2, 0.25) is 0 Å². The minimum atomic E-state index is -0.164. The fourth-order valence-corrected chi connectivity index (χ4v) is 2.03. The summed E-state index contributed by atoms with van der Waals surface area (Å²) in [7, 11) is 1.64. The van der Waals surface area contributed by atoms with Crippen molar-refractivity contribution < 1.29 is 9.53 Å². The molecule has 5 heteroatoms. The van der Waals surface area contributed by atoms with Crippen LogP contribution in [0.25, 0.3) is 0 Å². The Kier molecular flexibility index (Phi) is 5.29. The lowest BCUT2D eigenvalue weighted by molar-refractivity contribution is 0.102. The summed E-state index contributed by atoms with van der Waals surface area (Å²) in [5.41, 5.74) is 3.06. The van der Waals surface area contributed by atoms with Crippen molar-refractivity contribution >= 4 is 17.3 Å². The van der Waals surface area contributed by atoms with Crippen LogP contribution in [0.4, 0.5) is 11.4 Å². The van der Waals surface area contributed by atoms with Gasteiger partial charge in [-0.1, -0.05) is 12.1 Å². The number of nitrogens with one attached hydrogen (secondary N) is 2. The van der Waals surface area contributed by atoms with Crippen LogP contribution in [0.3, 0.4) is 0 Å². The van der Waals surface area contributed by atoms with E-state index in [0.29, 0.717) is 12.2 Å². The summed E-state index contributed by atoms with van der Waals surface area (Å²) in [6.45, 7) is 3.22. The molecule has 1 amide bonds. The molecule has 0 aliphatic rings. The molecule has 0 unspecified atom stereocenters. The molecule has 0 saturated carbocycles. The third-order valence-electron chi connectivity index (χ3n) is 2.93. The molecule has 0 aliphatic carbocycles. The Bertz CT molecular complexity index is 614. The molecule has 2 aromatic rings. The number of pyridine rings is 1. The molecule has 110 valence electrons. The zero-order valence-corrected chi connectivity index (χ0v) is 12.2. The average Bonchev–Trinajstić information content (AvgIpc) is 2.49. The van der Waals surface area contributed by atoms with Gasteiger partial charge in [-0.25, -0.2) is 0 Å². The first-order chi connectivity index (χ1) is 10.2. The van der Waals surface area contributed by atoms with Gasteiger partial charge in [-0.2, -0.15) is 0 Å². The lowest BCUT2D eigenvalue weighted by Gasteiger charge is -2.11. The van der Waals surface area contributed by atoms with Gasteiger partial charge in [-0.3, -0.25) is 9.78 Å². The van der Waals surface area contributed by atoms with Crippen molar-refractivity contribution in [3.8, 4) is 0 Å². The standard InChI is InChI=1S/C16H19N3O2/c1-3-18-15-10-17-8-7-14(15)16(20)19-13-6-4-5-12(9-13)11-21-2/h4-10,18H,3,11H2,1-2H3,(H,19,20). The number of rotatable bonds is 6. The van der Waals surface area contributed by atoms with Crippen molar-refractivity contribution in [1.82, 2.24) is 4.98 Å². The second-order valence-corrected chi connectivity index (χ2v) is 4.54. The molecule has 0 spiro atoms. The minimum Gasteiger partial charge on any atom is -0.383 e. The molecule has 2 rings (SSSR count). The first kappa shape index (κ1) is 15.0. The van der Waals surface area contributed by atoms with Gasteiger partial charge < -0.3 is 15.4 Å². The maximum absolute atomic E-state index is 12.4. The van der Waals surface area contributed by atoms with E-state index >= 15 is 0 Å². The molecule has 0 atom stereocenters. The molecular formula is C16H19N3O2. The average molecular weight is 285 g/mol. The first-order valence-corrected chi connectivity index (χ1v) is 6.81. The normalized spacial score (nSPS) is 10.2. The molecule has 1 heterocycles. The molecular weight excluding hydrogens is 266 g/mol. The number of hydrogen-bond donors (Lipinski definition) is 2. The highest BCUT2D eigenvalue weighted by Gasteiger charge is 2.11. The van der Waals surface area contributed by atoms with Crippen LogP contribution in [0.15, 0.2) is 42.7 Å². The minimum absolute atomic E-state index is 0.164.